The molecule has 0 bridgehead atoms. The van der Waals surface area contributed by atoms with E-state index in [-0.39, 0.29) is 16.9 Å². The maximum Gasteiger partial charge on any atom is 0.142 e. The van der Waals surface area contributed by atoms with Gasteiger partial charge in [0.2, 0.25) is 0 Å². The van der Waals surface area contributed by atoms with Gasteiger partial charge in [-0.15, -0.1) is 0 Å². The Balaban J connectivity index is 2.23. The molecule has 2 rings (SSSR count). The van der Waals surface area contributed by atoms with Gasteiger partial charge in [0.15, 0.2) is 0 Å². The van der Waals surface area contributed by atoms with E-state index in [9.17, 15) is 4.39 Å². The van der Waals surface area contributed by atoms with Crippen LogP contribution in [-0.2, 0) is 0 Å². The number of nitrogens with zero attached hydrogens (tertiary/aromatic N) is 1. The van der Waals surface area contributed by atoms with Crippen LogP contribution < -0.4 is 5.73 Å². The lowest BCUT2D eigenvalue weighted by atomic mass is 10.0. The van der Waals surface area contributed by atoms with E-state index in [0.717, 1.165) is 12.1 Å². The predicted molar refractivity (Wildman–Crippen MR) is 68.6 cm³/mol. The van der Waals surface area contributed by atoms with Crippen molar-refractivity contribution in [2.75, 3.05) is 13.1 Å². The lowest BCUT2D eigenvalue weighted by Gasteiger charge is -2.30. The maximum absolute atomic E-state index is 13.5. The molecule has 1 aromatic carbocycles. The quantitative estimate of drug-likeness (QED) is 0.878. The van der Waals surface area contributed by atoms with Crippen LogP contribution in [0.15, 0.2) is 18.2 Å². The summed E-state index contributed by atoms with van der Waals surface area (Å²) in [7, 11) is 0. The van der Waals surface area contributed by atoms with Crippen LogP contribution in [0.2, 0.25) is 5.02 Å². The summed E-state index contributed by atoms with van der Waals surface area (Å²) in [6.45, 7) is 3.56. The molecule has 1 aliphatic rings. The summed E-state index contributed by atoms with van der Waals surface area (Å²) < 4.78 is 13.5. The van der Waals surface area contributed by atoms with Crippen molar-refractivity contribution >= 4 is 11.6 Å². The molecule has 2 N–H and O–H groups in total. The minimum atomic E-state index is -0.366. The zero-order chi connectivity index (χ0) is 12.4. The summed E-state index contributed by atoms with van der Waals surface area (Å²) in [6.07, 6.45) is 2.45. The first-order chi connectivity index (χ1) is 8.17. The van der Waals surface area contributed by atoms with Crippen molar-refractivity contribution in [3.63, 3.8) is 0 Å². The van der Waals surface area contributed by atoms with Gasteiger partial charge < -0.3 is 5.73 Å². The normalized spacial score (nSPS) is 17.5. The standard InChI is InChI=1S/C13H18ClFN2/c1-2-17(10-4-5-10)13(8-16)9-3-6-11(14)12(15)7-9/h3,6-7,10,13H,2,4-5,8,16H2,1H3. The van der Waals surface area contributed by atoms with Crippen molar-refractivity contribution in [2.24, 2.45) is 5.73 Å². The molecule has 2 nitrogen and oxygen atoms in total. The van der Waals surface area contributed by atoms with Crippen LogP contribution in [0.1, 0.15) is 31.4 Å². The van der Waals surface area contributed by atoms with Gasteiger partial charge in [-0.25, -0.2) is 4.39 Å². The molecule has 17 heavy (non-hydrogen) atoms. The van der Waals surface area contributed by atoms with E-state index >= 15 is 0 Å². The van der Waals surface area contributed by atoms with E-state index in [1.807, 2.05) is 6.07 Å². The molecule has 0 spiro atoms. The molecule has 1 fully saturated rings. The van der Waals surface area contributed by atoms with E-state index in [1.54, 1.807) is 6.07 Å². The molecule has 0 aromatic heterocycles. The Hall–Kier alpha value is -0.640. The molecule has 1 unspecified atom stereocenters. The molecule has 1 aromatic rings. The zero-order valence-electron chi connectivity index (χ0n) is 10.00. The highest BCUT2D eigenvalue weighted by Gasteiger charge is 2.33. The number of hydrogen-bond donors (Lipinski definition) is 1. The van der Waals surface area contributed by atoms with Crippen LogP contribution in [0.4, 0.5) is 4.39 Å². The van der Waals surface area contributed by atoms with E-state index in [0.29, 0.717) is 12.6 Å². The first kappa shape index (κ1) is 12.8. The Bertz CT molecular complexity index is 393. The molecule has 0 aliphatic heterocycles. The smallest absolute Gasteiger partial charge is 0.142 e. The fraction of sp³-hybridized carbons (Fsp3) is 0.538. The summed E-state index contributed by atoms with van der Waals surface area (Å²) in [6, 6.07) is 5.70. The van der Waals surface area contributed by atoms with Gasteiger partial charge in [0, 0.05) is 18.6 Å². The number of rotatable bonds is 5. The van der Waals surface area contributed by atoms with E-state index < -0.39 is 0 Å². The highest BCUT2D eigenvalue weighted by atomic mass is 35.5. The van der Waals surface area contributed by atoms with Crippen LogP contribution in [-0.4, -0.2) is 24.0 Å². The molecule has 0 amide bonds. The minimum absolute atomic E-state index is 0.0965. The lowest BCUT2D eigenvalue weighted by molar-refractivity contribution is 0.201. The molecular formula is C13H18ClFN2. The second-order valence-electron chi connectivity index (χ2n) is 4.49. The molecular weight excluding hydrogens is 239 g/mol. The Kier molecular flexibility index (Phi) is 4.02. The van der Waals surface area contributed by atoms with Crippen molar-refractivity contribution in [2.45, 2.75) is 31.8 Å². The fourth-order valence-electron chi connectivity index (χ4n) is 2.32. The molecule has 0 heterocycles. The summed E-state index contributed by atoms with van der Waals surface area (Å²) in [5.74, 6) is -0.366. The van der Waals surface area contributed by atoms with Gasteiger partial charge in [-0.05, 0) is 37.1 Å². The monoisotopic (exact) mass is 256 g/mol. The lowest BCUT2D eigenvalue weighted by Crippen LogP contribution is -2.35. The number of hydrogen-bond acceptors (Lipinski definition) is 2. The number of benzene rings is 1. The zero-order valence-corrected chi connectivity index (χ0v) is 10.8. The number of nitrogens with two attached hydrogens (primary N) is 1. The summed E-state index contributed by atoms with van der Waals surface area (Å²) in [5, 5.41) is 0.166. The third-order valence-corrected chi connectivity index (χ3v) is 3.64. The summed E-state index contributed by atoms with van der Waals surface area (Å²) in [5.41, 5.74) is 6.76. The first-order valence-electron chi connectivity index (χ1n) is 6.08. The van der Waals surface area contributed by atoms with Crippen LogP contribution >= 0.6 is 11.6 Å². The number of likely N-dealkylation sites (N-methyl/N-ethyl adjacent to an activating group) is 1. The first-order valence-corrected chi connectivity index (χ1v) is 6.46. The average Bonchev–Trinajstić information content (AvgIpc) is 3.14. The molecule has 0 saturated heterocycles. The highest BCUT2D eigenvalue weighted by Crippen LogP contribution is 2.34. The third-order valence-electron chi connectivity index (χ3n) is 3.33. The van der Waals surface area contributed by atoms with Gasteiger partial charge in [0.1, 0.15) is 5.82 Å². The van der Waals surface area contributed by atoms with Crippen molar-refractivity contribution in [3.05, 3.63) is 34.6 Å². The SMILES string of the molecule is CCN(C1CC1)C(CN)c1ccc(Cl)c(F)c1. The van der Waals surface area contributed by atoms with Crippen molar-refractivity contribution in [1.29, 1.82) is 0 Å². The van der Waals surface area contributed by atoms with E-state index in [2.05, 4.69) is 11.8 Å². The van der Waals surface area contributed by atoms with Crippen LogP contribution in [0.5, 0.6) is 0 Å². The Labute approximate surface area is 107 Å². The van der Waals surface area contributed by atoms with Gasteiger partial charge in [-0.3, -0.25) is 4.90 Å². The summed E-state index contributed by atoms with van der Waals surface area (Å²) >= 11 is 5.70. The van der Waals surface area contributed by atoms with Crippen LogP contribution in [0.25, 0.3) is 0 Å². The van der Waals surface area contributed by atoms with Gasteiger partial charge in [-0.1, -0.05) is 24.6 Å². The topological polar surface area (TPSA) is 29.3 Å². The Morgan fingerprint density at radius 2 is 2.24 bits per heavy atom. The van der Waals surface area contributed by atoms with Crippen LogP contribution in [0.3, 0.4) is 0 Å². The molecule has 1 atom stereocenters. The molecule has 1 aliphatic carbocycles. The van der Waals surface area contributed by atoms with Gasteiger partial charge in [-0.2, -0.15) is 0 Å². The Morgan fingerprint density at radius 1 is 1.53 bits per heavy atom. The van der Waals surface area contributed by atoms with Crippen molar-refractivity contribution < 1.29 is 4.39 Å². The van der Waals surface area contributed by atoms with Crippen molar-refractivity contribution in [1.82, 2.24) is 4.90 Å². The molecule has 1 saturated carbocycles. The van der Waals surface area contributed by atoms with Gasteiger partial charge in [0.05, 0.1) is 5.02 Å². The summed E-state index contributed by atoms with van der Waals surface area (Å²) in [4.78, 5) is 2.35. The van der Waals surface area contributed by atoms with Crippen molar-refractivity contribution in [3.8, 4) is 0 Å². The Morgan fingerprint density at radius 3 is 2.71 bits per heavy atom. The third kappa shape index (κ3) is 2.79. The molecule has 94 valence electrons. The molecule has 4 heteroatoms. The van der Waals surface area contributed by atoms with Crippen LogP contribution in [0, 0.1) is 5.82 Å². The highest BCUT2D eigenvalue weighted by molar-refractivity contribution is 6.30. The van der Waals surface area contributed by atoms with E-state index in [1.165, 1.54) is 18.9 Å². The minimum Gasteiger partial charge on any atom is -0.329 e. The average molecular weight is 257 g/mol. The maximum atomic E-state index is 13.5. The van der Waals surface area contributed by atoms with Gasteiger partial charge >= 0.3 is 0 Å². The predicted octanol–water partition coefficient (Wildman–Crippen LogP) is 2.96. The van der Waals surface area contributed by atoms with E-state index in [4.69, 9.17) is 17.3 Å². The molecule has 0 radical (unpaired) electrons. The number of halogens is 2. The largest absolute Gasteiger partial charge is 0.329 e. The second-order valence-corrected chi connectivity index (χ2v) is 4.89. The van der Waals surface area contributed by atoms with Gasteiger partial charge in [0.25, 0.3) is 0 Å². The fourth-order valence-corrected chi connectivity index (χ4v) is 2.44. The second kappa shape index (κ2) is 5.34.